The van der Waals surface area contributed by atoms with Crippen molar-refractivity contribution in [1.29, 1.82) is 0 Å². The van der Waals surface area contributed by atoms with Gasteiger partial charge in [-0.05, 0) is 31.2 Å². The molecular formula is C26H24N4O2S. The average Bonchev–Trinajstić information content (AvgIpc) is 3.59. The number of anilines is 1. The molecule has 3 heterocycles. The van der Waals surface area contributed by atoms with Gasteiger partial charge in [0.15, 0.2) is 0 Å². The summed E-state index contributed by atoms with van der Waals surface area (Å²) in [6, 6.07) is 20.3. The number of oxazole rings is 1. The molecule has 3 aromatic heterocycles. The molecule has 7 heteroatoms. The van der Waals surface area contributed by atoms with Gasteiger partial charge in [-0.2, -0.15) is 0 Å². The van der Waals surface area contributed by atoms with E-state index in [9.17, 15) is 4.79 Å². The maximum Gasteiger partial charge on any atom is 0.236 e. The highest BCUT2D eigenvalue weighted by molar-refractivity contribution is 7.20. The number of aromatic amines is 1. The van der Waals surface area contributed by atoms with Gasteiger partial charge < -0.3 is 20.0 Å². The zero-order chi connectivity index (χ0) is 22.6. The zero-order valence-electron chi connectivity index (χ0n) is 18.2. The van der Waals surface area contributed by atoms with Crippen LogP contribution in [0.5, 0.6) is 0 Å². The number of benzene rings is 2. The van der Waals surface area contributed by atoms with Crippen molar-refractivity contribution in [3.05, 3.63) is 84.9 Å². The lowest BCUT2D eigenvalue weighted by atomic mass is 9.98. The van der Waals surface area contributed by atoms with E-state index in [2.05, 4.69) is 38.8 Å². The lowest BCUT2D eigenvalue weighted by Gasteiger charge is -2.16. The minimum atomic E-state index is -0.193. The molecule has 0 saturated heterocycles. The van der Waals surface area contributed by atoms with Crippen molar-refractivity contribution in [2.24, 2.45) is 5.92 Å². The van der Waals surface area contributed by atoms with Crippen LogP contribution in [-0.2, 0) is 11.2 Å². The van der Waals surface area contributed by atoms with E-state index in [1.165, 1.54) is 11.3 Å². The minimum Gasteiger partial charge on any atom is -0.444 e. The summed E-state index contributed by atoms with van der Waals surface area (Å²) in [4.78, 5) is 21.8. The second kappa shape index (κ2) is 9.44. The summed E-state index contributed by atoms with van der Waals surface area (Å²) < 4.78 is 5.62. The molecule has 33 heavy (non-hydrogen) atoms. The SMILES string of the molecule is CNCC(Cc1ccccc1)C(=O)Nc1cc(-c2c[nH]c3ccccc23)c(-c2ncco2)s1. The number of aromatic nitrogens is 2. The van der Waals surface area contributed by atoms with E-state index in [1.54, 1.807) is 12.5 Å². The Hall–Kier alpha value is -3.68. The van der Waals surface area contributed by atoms with E-state index in [1.807, 2.05) is 55.7 Å². The maximum atomic E-state index is 13.2. The van der Waals surface area contributed by atoms with Crippen molar-refractivity contribution in [3.63, 3.8) is 0 Å². The molecule has 5 aromatic rings. The molecule has 6 nitrogen and oxygen atoms in total. The number of rotatable bonds is 8. The van der Waals surface area contributed by atoms with Crippen LogP contribution in [0.1, 0.15) is 5.56 Å². The number of nitrogens with zero attached hydrogens (tertiary/aromatic N) is 1. The number of para-hydroxylation sites is 1. The molecule has 1 atom stereocenters. The molecule has 2 aromatic carbocycles. The van der Waals surface area contributed by atoms with Crippen molar-refractivity contribution in [2.75, 3.05) is 18.9 Å². The number of carbonyl (C=O) groups excluding carboxylic acids is 1. The number of hydrogen-bond donors (Lipinski definition) is 3. The molecule has 0 spiro atoms. The van der Waals surface area contributed by atoms with Gasteiger partial charge in [0.1, 0.15) is 6.26 Å². The van der Waals surface area contributed by atoms with E-state index >= 15 is 0 Å². The number of thiophene rings is 1. The predicted octanol–water partition coefficient (Wildman–Crippen LogP) is 5.57. The van der Waals surface area contributed by atoms with Gasteiger partial charge in [0, 0.05) is 34.8 Å². The molecule has 166 valence electrons. The summed E-state index contributed by atoms with van der Waals surface area (Å²) >= 11 is 1.47. The Bertz CT molecular complexity index is 1360. The summed E-state index contributed by atoms with van der Waals surface area (Å²) in [7, 11) is 1.87. The van der Waals surface area contributed by atoms with Crippen molar-refractivity contribution >= 4 is 33.1 Å². The van der Waals surface area contributed by atoms with Crippen LogP contribution in [-0.4, -0.2) is 29.5 Å². The van der Waals surface area contributed by atoms with Gasteiger partial charge in [0.05, 0.1) is 22.0 Å². The highest BCUT2D eigenvalue weighted by atomic mass is 32.1. The number of amides is 1. The number of fused-ring (bicyclic) bond motifs is 1. The summed E-state index contributed by atoms with van der Waals surface area (Å²) in [5, 5.41) is 8.17. The van der Waals surface area contributed by atoms with Gasteiger partial charge in [-0.15, -0.1) is 11.3 Å². The minimum absolute atomic E-state index is 0.0149. The zero-order valence-corrected chi connectivity index (χ0v) is 19.0. The van der Waals surface area contributed by atoms with Gasteiger partial charge in [-0.1, -0.05) is 48.5 Å². The molecule has 0 aliphatic carbocycles. The predicted molar refractivity (Wildman–Crippen MR) is 133 cm³/mol. The third-order valence-corrected chi connectivity index (χ3v) is 6.67. The Morgan fingerprint density at radius 3 is 2.73 bits per heavy atom. The maximum absolute atomic E-state index is 13.2. The first-order valence-electron chi connectivity index (χ1n) is 10.8. The fourth-order valence-electron chi connectivity index (χ4n) is 4.07. The molecule has 0 saturated carbocycles. The Morgan fingerprint density at radius 2 is 1.94 bits per heavy atom. The molecule has 0 aliphatic heterocycles. The van der Waals surface area contributed by atoms with E-state index in [-0.39, 0.29) is 11.8 Å². The second-order valence-corrected chi connectivity index (χ2v) is 8.92. The molecule has 3 N–H and O–H groups in total. The summed E-state index contributed by atoms with van der Waals surface area (Å²) in [6.45, 7) is 0.591. The Kier molecular flexibility index (Phi) is 6.06. The Morgan fingerprint density at radius 1 is 1.12 bits per heavy atom. The van der Waals surface area contributed by atoms with Gasteiger partial charge in [-0.25, -0.2) is 4.98 Å². The molecule has 1 unspecified atom stereocenters. The van der Waals surface area contributed by atoms with Crippen LogP contribution >= 0.6 is 11.3 Å². The van der Waals surface area contributed by atoms with Gasteiger partial charge in [0.25, 0.3) is 0 Å². The first-order chi connectivity index (χ1) is 16.2. The second-order valence-electron chi connectivity index (χ2n) is 7.87. The van der Waals surface area contributed by atoms with Crippen LogP contribution in [0, 0.1) is 5.92 Å². The van der Waals surface area contributed by atoms with Crippen LogP contribution < -0.4 is 10.6 Å². The molecule has 1 amide bonds. The van der Waals surface area contributed by atoms with E-state index in [4.69, 9.17) is 4.42 Å². The van der Waals surface area contributed by atoms with E-state index in [0.717, 1.165) is 37.5 Å². The quantitative estimate of drug-likeness (QED) is 0.285. The average molecular weight is 457 g/mol. The fraction of sp³-hybridized carbons (Fsp3) is 0.154. The highest BCUT2D eigenvalue weighted by Gasteiger charge is 2.23. The van der Waals surface area contributed by atoms with E-state index in [0.29, 0.717) is 18.9 Å². The third-order valence-electron chi connectivity index (χ3n) is 5.63. The topological polar surface area (TPSA) is 83.0 Å². The van der Waals surface area contributed by atoms with Crippen LogP contribution in [0.25, 0.3) is 32.8 Å². The van der Waals surface area contributed by atoms with Gasteiger partial charge in [-0.3, -0.25) is 4.79 Å². The molecule has 0 bridgehead atoms. The normalized spacial score (nSPS) is 12.2. The van der Waals surface area contributed by atoms with Crippen LogP contribution in [0.4, 0.5) is 5.00 Å². The lowest BCUT2D eigenvalue weighted by Crippen LogP contribution is -2.32. The summed E-state index contributed by atoms with van der Waals surface area (Å²) in [5.74, 6) is 0.331. The van der Waals surface area contributed by atoms with E-state index < -0.39 is 0 Å². The van der Waals surface area contributed by atoms with Gasteiger partial charge in [0.2, 0.25) is 11.8 Å². The Labute approximate surface area is 195 Å². The van der Waals surface area contributed by atoms with Crippen LogP contribution in [0.2, 0.25) is 0 Å². The summed E-state index contributed by atoms with van der Waals surface area (Å²) in [6.07, 6.45) is 5.86. The van der Waals surface area contributed by atoms with Crippen molar-refractivity contribution in [2.45, 2.75) is 6.42 Å². The highest BCUT2D eigenvalue weighted by Crippen LogP contribution is 2.43. The number of carbonyl (C=O) groups is 1. The number of hydrogen-bond acceptors (Lipinski definition) is 5. The van der Waals surface area contributed by atoms with Crippen LogP contribution in [0.3, 0.4) is 0 Å². The smallest absolute Gasteiger partial charge is 0.236 e. The van der Waals surface area contributed by atoms with Crippen molar-refractivity contribution in [3.8, 4) is 21.9 Å². The molecular weight excluding hydrogens is 432 g/mol. The van der Waals surface area contributed by atoms with Crippen molar-refractivity contribution in [1.82, 2.24) is 15.3 Å². The standard InChI is InChI=1S/C26H24N4O2S/c1-27-15-18(13-17-7-3-2-4-8-17)25(31)30-23-14-20(24(33-23)26-28-11-12-32-26)21-16-29-22-10-6-5-9-19(21)22/h2-12,14,16,18,27,29H,13,15H2,1H3,(H,30,31). The Balaban J connectivity index is 1.47. The van der Waals surface area contributed by atoms with Gasteiger partial charge >= 0.3 is 0 Å². The molecule has 0 aliphatic rings. The van der Waals surface area contributed by atoms with Crippen molar-refractivity contribution < 1.29 is 9.21 Å². The third kappa shape index (κ3) is 4.46. The largest absolute Gasteiger partial charge is 0.444 e. The number of nitrogens with one attached hydrogen (secondary N) is 3. The monoisotopic (exact) mass is 456 g/mol. The lowest BCUT2D eigenvalue weighted by molar-refractivity contribution is -0.119. The summed E-state index contributed by atoms with van der Waals surface area (Å²) in [5.41, 5.74) is 4.22. The first kappa shape index (κ1) is 21.2. The number of H-pyrrole nitrogens is 1. The fourth-order valence-corrected chi connectivity index (χ4v) is 5.08. The molecule has 0 fully saturated rings. The molecule has 5 rings (SSSR count). The molecule has 0 radical (unpaired) electrons. The van der Waals surface area contributed by atoms with Crippen LogP contribution in [0.15, 0.2) is 83.7 Å². The first-order valence-corrected chi connectivity index (χ1v) is 11.6.